The molecule has 0 N–H and O–H groups in total. The summed E-state index contributed by atoms with van der Waals surface area (Å²) in [6, 6.07) is 8.18. The Hall–Kier alpha value is -1.41. The van der Waals surface area contributed by atoms with Crippen molar-refractivity contribution in [1.29, 1.82) is 0 Å². The van der Waals surface area contributed by atoms with Gasteiger partial charge < -0.3 is 4.90 Å². The number of amides is 1. The van der Waals surface area contributed by atoms with Gasteiger partial charge in [-0.15, -0.1) is 0 Å². The van der Waals surface area contributed by atoms with Gasteiger partial charge in [0.05, 0.1) is 4.90 Å². The molecule has 8 heteroatoms. The van der Waals surface area contributed by atoms with Gasteiger partial charge in [-0.1, -0.05) is 11.6 Å². The molecule has 5 nitrogen and oxygen atoms in total. The van der Waals surface area contributed by atoms with Gasteiger partial charge in [0.2, 0.25) is 15.9 Å². The molecule has 0 aliphatic carbocycles. The van der Waals surface area contributed by atoms with Crippen LogP contribution in [0.5, 0.6) is 0 Å². The van der Waals surface area contributed by atoms with Crippen LogP contribution in [-0.4, -0.2) is 49.7 Å². The molecule has 0 bridgehead atoms. The van der Waals surface area contributed by atoms with Crippen LogP contribution >= 0.6 is 22.9 Å². The van der Waals surface area contributed by atoms with Gasteiger partial charge in [-0.3, -0.25) is 4.79 Å². The predicted octanol–water partition coefficient (Wildman–Crippen LogP) is 2.87. The molecule has 0 atom stereocenters. The Bertz CT molecular complexity index is 812. The number of rotatable bonds is 5. The van der Waals surface area contributed by atoms with E-state index < -0.39 is 10.0 Å². The molecular weight excluding hydrogens is 380 g/mol. The number of sulfonamides is 1. The molecule has 1 saturated heterocycles. The molecule has 1 fully saturated rings. The second-order valence-corrected chi connectivity index (χ2v) is 9.02. The number of hydrogen-bond acceptors (Lipinski definition) is 4. The summed E-state index contributed by atoms with van der Waals surface area (Å²) in [4.78, 5) is 14.3. The number of thiophene rings is 1. The normalized spacial score (nSPS) is 16.1. The Kier molecular flexibility index (Phi) is 5.78. The van der Waals surface area contributed by atoms with Crippen molar-refractivity contribution in [2.75, 3.05) is 26.2 Å². The van der Waals surface area contributed by atoms with Crippen molar-refractivity contribution in [3.05, 3.63) is 51.7 Å². The molecule has 1 aliphatic heterocycles. The highest BCUT2D eigenvalue weighted by atomic mass is 35.5. The Morgan fingerprint density at radius 1 is 1.08 bits per heavy atom. The number of aryl methyl sites for hydroxylation is 1. The monoisotopic (exact) mass is 398 g/mol. The minimum Gasteiger partial charge on any atom is -0.340 e. The molecule has 1 aromatic heterocycles. The maximum absolute atomic E-state index is 12.6. The molecule has 134 valence electrons. The highest BCUT2D eigenvalue weighted by Crippen LogP contribution is 2.20. The second kappa shape index (κ2) is 7.86. The quantitative estimate of drug-likeness (QED) is 0.778. The van der Waals surface area contributed by atoms with Crippen LogP contribution in [0.1, 0.15) is 12.0 Å². The average Bonchev–Trinajstić information content (AvgIpc) is 3.14. The van der Waals surface area contributed by atoms with Crippen LogP contribution in [0.3, 0.4) is 0 Å². The lowest BCUT2D eigenvalue weighted by atomic mass is 10.1. The standard InChI is InChI=1S/C17H19ClN2O3S2/c18-15-2-4-16(5-3-15)25(22,23)20-10-8-19(9-11-20)17(21)6-1-14-7-12-24-13-14/h2-5,7,12-13H,1,6,8-11H2. The summed E-state index contributed by atoms with van der Waals surface area (Å²) in [5.41, 5.74) is 1.17. The second-order valence-electron chi connectivity index (χ2n) is 5.87. The molecule has 0 saturated carbocycles. The van der Waals surface area contributed by atoms with Gasteiger partial charge in [-0.25, -0.2) is 8.42 Å². The first kappa shape index (κ1) is 18.4. The number of carbonyl (C=O) groups excluding carboxylic acids is 1. The van der Waals surface area contributed by atoms with E-state index in [2.05, 4.69) is 0 Å². The van der Waals surface area contributed by atoms with Gasteiger partial charge in [0.25, 0.3) is 0 Å². The number of piperazine rings is 1. The van der Waals surface area contributed by atoms with Crippen LogP contribution in [-0.2, 0) is 21.2 Å². The van der Waals surface area contributed by atoms with Gasteiger partial charge >= 0.3 is 0 Å². The van der Waals surface area contributed by atoms with Crippen molar-refractivity contribution in [2.45, 2.75) is 17.7 Å². The zero-order valence-electron chi connectivity index (χ0n) is 13.6. The molecule has 1 amide bonds. The summed E-state index contributed by atoms with van der Waals surface area (Å²) in [5, 5.41) is 4.55. The summed E-state index contributed by atoms with van der Waals surface area (Å²) in [6.07, 6.45) is 1.19. The first-order chi connectivity index (χ1) is 12.0. The lowest BCUT2D eigenvalue weighted by Crippen LogP contribution is -2.50. The van der Waals surface area contributed by atoms with Crippen molar-refractivity contribution >= 4 is 38.9 Å². The summed E-state index contributed by atoms with van der Waals surface area (Å²) >= 11 is 7.44. The van der Waals surface area contributed by atoms with Crippen LogP contribution < -0.4 is 0 Å². The van der Waals surface area contributed by atoms with E-state index in [1.54, 1.807) is 28.4 Å². The van der Waals surface area contributed by atoms with Crippen LogP contribution in [0.2, 0.25) is 5.02 Å². The molecule has 3 rings (SSSR count). The molecule has 1 aromatic carbocycles. The van der Waals surface area contributed by atoms with E-state index in [4.69, 9.17) is 11.6 Å². The average molecular weight is 399 g/mol. The van der Waals surface area contributed by atoms with Gasteiger partial charge in [0, 0.05) is 37.6 Å². The maximum atomic E-state index is 12.6. The zero-order valence-corrected chi connectivity index (χ0v) is 16.0. The van der Waals surface area contributed by atoms with Crippen molar-refractivity contribution in [2.24, 2.45) is 0 Å². The first-order valence-corrected chi connectivity index (χ1v) is 10.8. The van der Waals surface area contributed by atoms with Crippen LogP contribution in [0, 0.1) is 0 Å². The third-order valence-corrected chi connectivity index (χ3v) is 7.15. The van der Waals surface area contributed by atoms with Crippen molar-refractivity contribution < 1.29 is 13.2 Å². The summed E-state index contributed by atoms with van der Waals surface area (Å²) in [6.45, 7) is 1.48. The van der Waals surface area contributed by atoms with Crippen LogP contribution in [0.4, 0.5) is 0 Å². The van der Waals surface area contributed by atoms with Gasteiger partial charge in [-0.05, 0) is 53.1 Å². The fraction of sp³-hybridized carbons (Fsp3) is 0.353. The number of nitrogens with zero attached hydrogens (tertiary/aromatic N) is 2. The Balaban J connectivity index is 1.55. The number of hydrogen-bond donors (Lipinski definition) is 0. The highest BCUT2D eigenvalue weighted by Gasteiger charge is 2.29. The molecule has 0 unspecified atom stereocenters. The van der Waals surface area contributed by atoms with Gasteiger partial charge in [0.1, 0.15) is 0 Å². The van der Waals surface area contributed by atoms with Gasteiger partial charge in [0.15, 0.2) is 0 Å². The Morgan fingerprint density at radius 3 is 2.36 bits per heavy atom. The summed E-state index contributed by atoms with van der Waals surface area (Å²) in [7, 11) is -3.54. The lowest BCUT2D eigenvalue weighted by molar-refractivity contribution is -0.132. The topological polar surface area (TPSA) is 57.7 Å². The molecule has 0 radical (unpaired) electrons. The third-order valence-electron chi connectivity index (χ3n) is 4.25. The summed E-state index contributed by atoms with van der Waals surface area (Å²) < 4.78 is 26.7. The SMILES string of the molecule is O=C(CCc1ccsc1)N1CCN(S(=O)(=O)c2ccc(Cl)cc2)CC1. The molecule has 2 heterocycles. The Morgan fingerprint density at radius 2 is 1.76 bits per heavy atom. The lowest BCUT2D eigenvalue weighted by Gasteiger charge is -2.34. The van der Waals surface area contributed by atoms with E-state index in [9.17, 15) is 13.2 Å². The van der Waals surface area contributed by atoms with Crippen molar-refractivity contribution in [3.8, 4) is 0 Å². The molecule has 2 aromatic rings. The van der Waals surface area contributed by atoms with Gasteiger partial charge in [-0.2, -0.15) is 15.6 Å². The molecular formula is C17H19ClN2O3S2. The number of halogens is 1. The minimum absolute atomic E-state index is 0.0785. The first-order valence-electron chi connectivity index (χ1n) is 8.01. The largest absolute Gasteiger partial charge is 0.340 e. The van der Waals surface area contributed by atoms with Crippen LogP contribution in [0.25, 0.3) is 0 Å². The molecule has 25 heavy (non-hydrogen) atoms. The fourth-order valence-electron chi connectivity index (χ4n) is 2.78. The maximum Gasteiger partial charge on any atom is 0.243 e. The summed E-state index contributed by atoms with van der Waals surface area (Å²) in [5.74, 6) is 0.0785. The number of benzene rings is 1. The third kappa shape index (κ3) is 4.41. The van der Waals surface area contributed by atoms with Crippen molar-refractivity contribution in [3.63, 3.8) is 0 Å². The number of carbonyl (C=O) groups is 1. The van der Waals surface area contributed by atoms with Crippen molar-refractivity contribution in [1.82, 2.24) is 9.21 Å². The zero-order chi connectivity index (χ0) is 17.9. The van der Waals surface area contributed by atoms with E-state index in [1.807, 2.05) is 16.8 Å². The van der Waals surface area contributed by atoms with E-state index in [0.717, 1.165) is 6.42 Å². The van der Waals surface area contributed by atoms with Crippen LogP contribution in [0.15, 0.2) is 46.0 Å². The predicted molar refractivity (Wildman–Crippen MR) is 99.4 cm³/mol. The fourth-order valence-corrected chi connectivity index (χ4v) is 5.03. The van der Waals surface area contributed by atoms with E-state index in [-0.39, 0.29) is 10.8 Å². The Labute approximate surface area is 156 Å². The molecule has 0 spiro atoms. The minimum atomic E-state index is -3.54. The van der Waals surface area contributed by atoms with E-state index >= 15 is 0 Å². The smallest absolute Gasteiger partial charge is 0.243 e. The highest BCUT2D eigenvalue weighted by molar-refractivity contribution is 7.89. The van der Waals surface area contributed by atoms with E-state index in [0.29, 0.717) is 37.6 Å². The molecule has 1 aliphatic rings. The van der Waals surface area contributed by atoms with E-state index in [1.165, 1.54) is 22.0 Å².